The fraction of sp³-hybridized carbons (Fsp3) is 0.453. The number of likely N-dealkylation sites (N-methyl/N-ethyl adjacent to an activating group) is 2. The fourth-order valence-electron chi connectivity index (χ4n) is 14.3. The van der Waals surface area contributed by atoms with E-state index in [1.165, 1.54) is 29.2 Å². The van der Waals surface area contributed by atoms with Gasteiger partial charge in [0.05, 0.1) is 29.5 Å². The molecule has 0 saturated carbocycles. The summed E-state index contributed by atoms with van der Waals surface area (Å²) < 4.78 is 110. The molecule has 3 fully saturated rings. The lowest BCUT2D eigenvalue weighted by molar-refractivity contribution is -0.143. The van der Waals surface area contributed by atoms with Gasteiger partial charge in [-0.2, -0.15) is 26.3 Å². The molecule has 3 aliphatic heterocycles. The number of halogens is 7. The van der Waals surface area contributed by atoms with Crippen molar-refractivity contribution < 1.29 is 69.3 Å². The molecule has 16 nitrogen and oxygen atoms in total. The number of fused-ring (bicyclic) bond motifs is 2. The Labute approximate surface area is 568 Å². The van der Waals surface area contributed by atoms with Crippen molar-refractivity contribution in [2.75, 3.05) is 117 Å². The molecule has 23 heteroatoms. The molecular formula is C75H87F7N8O8. The van der Waals surface area contributed by atoms with Gasteiger partial charge in [0.25, 0.3) is 11.8 Å². The number of rotatable bonds is 27. The van der Waals surface area contributed by atoms with Crippen LogP contribution in [0.25, 0.3) is 11.1 Å². The maximum atomic E-state index is 14.2. The van der Waals surface area contributed by atoms with Crippen molar-refractivity contribution >= 4 is 41.1 Å². The second kappa shape index (κ2) is 32.1. The molecule has 3 saturated heterocycles. The molecule has 0 unspecified atom stereocenters. The van der Waals surface area contributed by atoms with Gasteiger partial charge in [-0.05, 0) is 154 Å². The number of carboxylic acid groups (broad SMARTS) is 1. The van der Waals surface area contributed by atoms with E-state index >= 15 is 0 Å². The number of nitrogens with one attached hydrogen (secondary N) is 1. The number of ether oxygens (including phenoxy) is 2. The van der Waals surface area contributed by atoms with Gasteiger partial charge in [-0.25, -0.2) is 9.18 Å². The van der Waals surface area contributed by atoms with Crippen LogP contribution >= 0.6 is 0 Å². The molecule has 2 N–H and O–H groups in total. The van der Waals surface area contributed by atoms with Gasteiger partial charge in [0.15, 0.2) is 0 Å². The topological polar surface area (TPSA) is 159 Å². The Kier molecular flexibility index (Phi) is 23.7. The molecule has 3 heterocycles. The molecule has 1 aliphatic carbocycles. The van der Waals surface area contributed by atoms with Crippen LogP contribution in [0.15, 0.2) is 146 Å². The number of carbonyl (C=O) groups is 5. The van der Waals surface area contributed by atoms with E-state index in [-0.39, 0.29) is 55.5 Å². The Morgan fingerprint density at radius 3 is 1.96 bits per heavy atom. The molecule has 98 heavy (non-hydrogen) atoms. The van der Waals surface area contributed by atoms with Crippen molar-refractivity contribution in [2.45, 2.75) is 113 Å². The lowest BCUT2D eigenvalue weighted by atomic mass is 9.72. The maximum absolute atomic E-state index is 14.2. The number of anilines is 2. The van der Waals surface area contributed by atoms with Crippen LogP contribution in [-0.4, -0.2) is 183 Å². The first-order chi connectivity index (χ1) is 46.9. The predicted octanol–water partition coefficient (Wildman–Crippen LogP) is 13.3. The van der Waals surface area contributed by atoms with Gasteiger partial charge in [0.1, 0.15) is 24.8 Å². The Morgan fingerprint density at radius 1 is 0.653 bits per heavy atom. The Morgan fingerprint density at radius 2 is 1.28 bits per heavy atom. The lowest BCUT2D eigenvalue weighted by Crippen LogP contribution is -2.50. The third kappa shape index (κ3) is 17.7. The number of hydrogen-bond donors (Lipinski definition) is 2. The van der Waals surface area contributed by atoms with E-state index in [2.05, 4.69) is 27.2 Å². The minimum atomic E-state index is -5.15. The van der Waals surface area contributed by atoms with Crippen LogP contribution < -0.4 is 10.2 Å². The average molecular weight is 1360 g/mol. The summed E-state index contributed by atoms with van der Waals surface area (Å²) in [5.74, 6) is -1.82. The molecule has 5 amide bonds. The summed E-state index contributed by atoms with van der Waals surface area (Å²) in [6.07, 6.45) is -3.29. The second-order valence-electron chi connectivity index (χ2n) is 26.5. The van der Waals surface area contributed by atoms with Crippen molar-refractivity contribution in [2.24, 2.45) is 0 Å². The van der Waals surface area contributed by atoms with Gasteiger partial charge < -0.3 is 49.3 Å². The number of hydrogen-bond acceptors (Lipinski definition) is 10. The highest BCUT2D eigenvalue weighted by Gasteiger charge is 2.50. The van der Waals surface area contributed by atoms with E-state index in [0.29, 0.717) is 113 Å². The predicted molar refractivity (Wildman–Crippen MR) is 360 cm³/mol. The first-order valence-corrected chi connectivity index (χ1v) is 33.8. The van der Waals surface area contributed by atoms with E-state index in [4.69, 9.17) is 9.47 Å². The molecule has 4 aliphatic rings. The minimum Gasteiger partial charge on any atom is -0.465 e. The monoisotopic (exact) mass is 1360 g/mol. The van der Waals surface area contributed by atoms with Gasteiger partial charge in [0.2, 0.25) is 11.8 Å². The molecule has 0 aromatic heterocycles. The van der Waals surface area contributed by atoms with E-state index in [1.54, 1.807) is 40.9 Å². The van der Waals surface area contributed by atoms with Crippen molar-refractivity contribution in [3.63, 3.8) is 0 Å². The van der Waals surface area contributed by atoms with E-state index < -0.39 is 64.6 Å². The van der Waals surface area contributed by atoms with Gasteiger partial charge in [0, 0.05) is 114 Å². The van der Waals surface area contributed by atoms with Crippen LogP contribution in [0.5, 0.6) is 0 Å². The van der Waals surface area contributed by atoms with Crippen LogP contribution in [0.3, 0.4) is 0 Å². The average Bonchev–Trinajstić information content (AvgIpc) is 1.58. The van der Waals surface area contributed by atoms with Crippen LogP contribution in [0.4, 0.5) is 46.9 Å². The summed E-state index contributed by atoms with van der Waals surface area (Å²) in [6.45, 7) is 5.26. The largest absolute Gasteiger partial charge is 0.465 e. The summed E-state index contributed by atoms with van der Waals surface area (Å²) in [6, 6.07) is 39.1. The zero-order valence-electron chi connectivity index (χ0n) is 55.8. The fourth-order valence-corrected chi connectivity index (χ4v) is 14.3. The van der Waals surface area contributed by atoms with Gasteiger partial charge in [-0.15, -0.1) is 0 Å². The van der Waals surface area contributed by atoms with Gasteiger partial charge >= 0.3 is 18.4 Å². The molecule has 10 rings (SSSR count). The van der Waals surface area contributed by atoms with Crippen molar-refractivity contribution in [1.29, 1.82) is 0 Å². The standard InChI is InChI=1S/C75H87F7N8O8/c1-84(37-15-38-86(3)69(93)54-23-29-61(30-24-54)83-36-14-5-4-9-22-67(91)85(2)44-45-87-39-31-62(32-40-87)90(71(95)96)65-21-13-11-19-63(65)53-16-7-6-8-17-53)68(92)50-97-66-48-55-18-10-12-20-64(55)72(66)33-41-88(42-34-72)43-35-73(57-25-27-60(76)28-26-57)51-89(52-98-73)70(94)56-46-58(74(77,78)79)49-59(47-56)75(80,81)82/h6-8,10-13,16-21,23-30,46-47,49,62,66,83H,4-5,9,14-15,22,31-45,48,50-52H2,1-3H3,(H,95,96)/t66-,73-/m0/s1. The molecule has 524 valence electrons. The molecule has 0 radical (unpaired) electrons. The number of amides is 5. The number of benzene rings is 6. The van der Waals surface area contributed by atoms with Crippen molar-refractivity contribution in [3.8, 4) is 11.1 Å². The molecular weight excluding hydrogens is 1270 g/mol. The quantitative estimate of drug-likeness (QED) is 0.0373. The first-order valence-electron chi connectivity index (χ1n) is 33.8. The zero-order chi connectivity index (χ0) is 69.8. The van der Waals surface area contributed by atoms with Crippen LogP contribution in [0, 0.1) is 5.82 Å². The summed E-state index contributed by atoms with van der Waals surface area (Å²) in [5, 5.41) is 13.8. The Balaban J connectivity index is 0.608. The number of nitrogens with zero attached hydrogens (tertiary/aromatic N) is 7. The number of piperidine rings is 2. The molecule has 6 aromatic rings. The van der Waals surface area contributed by atoms with Crippen LogP contribution in [0.2, 0.25) is 0 Å². The van der Waals surface area contributed by atoms with Crippen molar-refractivity contribution in [3.05, 3.63) is 190 Å². The van der Waals surface area contributed by atoms with Crippen molar-refractivity contribution in [1.82, 2.24) is 29.4 Å². The van der Waals surface area contributed by atoms with Gasteiger partial charge in [-0.1, -0.05) is 97.8 Å². The third-order valence-corrected chi connectivity index (χ3v) is 20.1. The van der Waals surface area contributed by atoms with Crippen LogP contribution in [0.1, 0.15) is 119 Å². The van der Waals surface area contributed by atoms with Gasteiger partial charge in [-0.3, -0.25) is 24.1 Å². The smallest absolute Gasteiger partial charge is 0.416 e. The first kappa shape index (κ1) is 72.4. The highest BCUT2D eigenvalue weighted by molar-refractivity contribution is 5.96. The zero-order valence-corrected chi connectivity index (χ0v) is 55.8. The summed E-state index contributed by atoms with van der Waals surface area (Å²) in [7, 11) is 5.31. The molecule has 0 bridgehead atoms. The second-order valence-corrected chi connectivity index (χ2v) is 26.5. The van der Waals surface area contributed by atoms with Crippen LogP contribution in [-0.2, 0) is 48.9 Å². The SMILES string of the molecule is CN(CCN1CCC(N(C(=O)O)c2ccccc2-c2ccccc2)CC1)C(=O)CCCCCCNc1ccc(C(=O)N(C)CCCN(C)C(=O)CO[C@H]2Cc3ccccc3C23CCN(CC[C@@]2(c4ccc(F)cc4)CN(C(=O)c4cc(C(F)(F)F)cc(C(F)(F)F)c4)CO2)CC3)cc1. The highest BCUT2D eigenvalue weighted by atomic mass is 19.4. The van der Waals surface area contributed by atoms with E-state index in [1.807, 2.05) is 85.9 Å². The minimum absolute atomic E-state index is 0.0288. The molecule has 2 atom stereocenters. The number of para-hydroxylation sites is 1. The Hall–Kier alpha value is -8.38. The molecule has 1 spiro atoms. The summed E-state index contributed by atoms with van der Waals surface area (Å²) >= 11 is 0. The highest BCUT2D eigenvalue weighted by Crippen LogP contribution is 2.49. The summed E-state index contributed by atoms with van der Waals surface area (Å²) in [4.78, 5) is 78.8. The van der Waals surface area contributed by atoms with E-state index in [0.717, 1.165) is 84.7 Å². The number of alkyl halides is 6. The number of likely N-dealkylation sites (tertiary alicyclic amines) is 2. The lowest BCUT2D eigenvalue weighted by Gasteiger charge is -2.44. The number of carbonyl (C=O) groups excluding carboxylic acids is 4. The number of unbranched alkanes of at least 4 members (excludes halogenated alkanes) is 3. The van der Waals surface area contributed by atoms with E-state index in [9.17, 15) is 59.8 Å². The summed E-state index contributed by atoms with van der Waals surface area (Å²) in [5.41, 5.74) is 1.12. The third-order valence-electron chi connectivity index (χ3n) is 20.1. The molecule has 6 aromatic carbocycles. The Bertz CT molecular complexity index is 3660. The normalized spacial score (nSPS) is 18.1. The maximum Gasteiger partial charge on any atom is 0.416 e.